The van der Waals surface area contributed by atoms with E-state index in [4.69, 9.17) is 0 Å². The van der Waals surface area contributed by atoms with Gasteiger partial charge in [-0.3, -0.25) is 5.10 Å². The number of fused-ring (bicyclic) bond motifs is 1. The summed E-state index contributed by atoms with van der Waals surface area (Å²) in [5.41, 5.74) is 2.07. The predicted octanol–water partition coefficient (Wildman–Crippen LogP) is 2.49. The molecule has 7 nitrogen and oxygen atoms in total. The highest BCUT2D eigenvalue weighted by Crippen LogP contribution is 2.33. The molecule has 120 valence electrons. The molecule has 3 aromatic heterocycles. The van der Waals surface area contributed by atoms with Crippen LogP contribution in [0.1, 0.15) is 17.6 Å². The zero-order valence-corrected chi connectivity index (χ0v) is 13.9. The van der Waals surface area contributed by atoms with Gasteiger partial charge in [-0.05, 0) is 6.92 Å². The molecule has 1 aromatic carbocycles. The van der Waals surface area contributed by atoms with Crippen LogP contribution in [0, 0.1) is 6.92 Å². The van der Waals surface area contributed by atoms with Crippen molar-refractivity contribution in [1.82, 2.24) is 29.8 Å². The van der Waals surface area contributed by atoms with Crippen LogP contribution in [-0.4, -0.2) is 42.9 Å². The van der Waals surface area contributed by atoms with Crippen molar-refractivity contribution in [3.63, 3.8) is 0 Å². The van der Waals surface area contributed by atoms with Crippen LogP contribution in [0.2, 0.25) is 0 Å². The third-order valence-corrected chi connectivity index (χ3v) is 5.22. The van der Waals surface area contributed by atoms with Gasteiger partial charge in [-0.2, -0.15) is 5.10 Å². The molecule has 5 rings (SSSR count). The SMILES string of the molecule is Cc1nc(C2CN(c3nn4cc(-c5ccccc5)nc4s3)C2)n[nH]1. The quantitative estimate of drug-likeness (QED) is 0.622. The average molecular weight is 337 g/mol. The maximum atomic E-state index is 4.69. The van der Waals surface area contributed by atoms with Gasteiger partial charge < -0.3 is 4.90 Å². The van der Waals surface area contributed by atoms with Crippen LogP contribution in [0.15, 0.2) is 36.5 Å². The average Bonchev–Trinajstić information content (AvgIpc) is 3.22. The van der Waals surface area contributed by atoms with Crippen molar-refractivity contribution in [2.24, 2.45) is 0 Å². The summed E-state index contributed by atoms with van der Waals surface area (Å²) in [5.74, 6) is 2.15. The van der Waals surface area contributed by atoms with Gasteiger partial charge >= 0.3 is 0 Å². The standard InChI is InChI=1S/C16H15N7S/c1-10-17-14(20-19-10)12-7-22(8-12)16-21-23-9-13(18-15(23)24-16)11-5-3-2-4-6-11/h2-6,9,12H,7-8H2,1H3,(H,17,19,20). The van der Waals surface area contributed by atoms with Gasteiger partial charge in [0, 0.05) is 18.7 Å². The van der Waals surface area contributed by atoms with E-state index in [1.807, 2.05) is 35.8 Å². The molecule has 4 aromatic rings. The molecule has 0 saturated carbocycles. The van der Waals surface area contributed by atoms with E-state index in [9.17, 15) is 0 Å². The predicted molar refractivity (Wildman–Crippen MR) is 92.4 cm³/mol. The number of anilines is 1. The smallest absolute Gasteiger partial charge is 0.214 e. The van der Waals surface area contributed by atoms with Gasteiger partial charge in [0.15, 0.2) is 5.82 Å². The molecule has 24 heavy (non-hydrogen) atoms. The molecule has 1 saturated heterocycles. The van der Waals surface area contributed by atoms with Crippen molar-refractivity contribution in [2.75, 3.05) is 18.0 Å². The largest absolute Gasteiger partial charge is 0.345 e. The van der Waals surface area contributed by atoms with E-state index < -0.39 is 0 Å². The fourth-order valence-electron chi connectivity index (χ4n) is 2.91. The monoisotopic (exact) mass is 337 g/mol. The van der Waals surface area contributed by atoms with E-state index in [0.717, 1.165) is 46.1 Å². The Labute approximate surface area is 142 Å². The first kappa shape index (κ1) is 13.7. The van der Waals surface area contributed by atoms with Crippen molar-refractivity contribution in [3.05, 3.63) is 48.2 Å². The van der Waals surface area contributed by atoms with E-state index in [2.05, 4.69) is 42.3 Å². The van der Waals surface area contributed by atoms with Gasteiger partial charge in [0.05, 0.1) is 17.8 Å². The second kappa shape index (κ2) is 5.13. The van der Waals surface area contributed by atoms with Crippen molar-refractivity contribution in [3.8, 4) is 11.3 Å². The number of H-pyrrole nitrogens is 1. The van der Waals surface area contributed by atoms with Crippen LogP contribution in [0.5, 0.6) is 0 Å². The minimum absolute atomic E-state index is 0.381. The molecule has 0 spiro atoms. The van der Waals surface area contributed by atoms with Gasteiger partial charge in [-0.1, -0.05) is 41.7 Å². The van der Waals surface area contributed by atoms with Gasteiger partial charge in [0.1, 0.15) is 5.82 Å². The lowest BCUT2D eigenvalue weighted by Crippen LogP contribution is -2.45. The number of nitrogens with zero attached hydrogens (tertiary/aromatic N) is 6. The van der Waals surface area contributed by atoms with Crippen LogP contribution in [0.25, 0.3) is 16.2 Å². The highest BCUT2D eigenvalue weighted by Gasteiger charge is 2.33. The Balaban J connectivity index is 1.35. The molecule has 0 unspecified atom stereocenters. The molecule has 1 aliphatic heterocycles. The van der Waals surface area contributed by atoms with Crippen molar-refractivity contribution < 1.29 is 0 Å². The van der Waals surface area contributed by atoms with Crippen molar-refractivity contribution in [1.29, 1.82) is 0 Å². The summed E-state index contributed by atoms with van der Waals surface area (Å²) in [7, 11) is 0. The lowest BCUT2D eigenvalue weighted by molar-refractivity contribution is 0.499. The minimum Gasteiger partial charge on any atom is -0.345 e. The number of aromatic amines is 1. The molecular formula is C16H15N7S. The van der Waals surface area contributed by atoms with Gasteiger partial charge in [-0.15, -0.1) is 5.10 Å². The molecule has 1 N–H and O–H groups in total. The first-order chi connectivity index (χ1) is 11.8. The lowest BCUT2D eigenvalue weighted by Gasteiger charge is -2.37. The first-order valence-corrected chi connectivity index (χ1v) is 8.63. The number of hydrogen-bond donors (Lipinski definition) is 1. The number of rotatable bonds is 3. The molecule has 1 aliphatic rings. The molecule has 8 heteroatoms. The third kappa shape index (κ3) is 2.18. The number of aryl methyl sites for hydroxylation is 1. The highest BCUT2D eigenvalue weighted by atomic mass is 32.1. The molecule has 0 radical (unpaired) electrons. The fourth-order valence-corrected chi connectivity index (χ4v) is 3.81. The summed E-state index contributed by atoms with van der Waals surface area (Å²) < 4.78 is 1.87. The summed E-state index contributed by atoms with van der Waals surface area (Å²) in [5, 5.41) is 12.8. The van der Waals surface area contributed by atoms with E-state index in [0.29, 0.717) is 5.92 Å². The molecular weight excluding hydrogens is 322 g/mol. The van der Waals surface area contributed by atoms with Crippen LogP contribution < -0.4 is 4.90 Å². The van der Waals surface area contributed by atoms with Gasteiger partial charge in [0.25, 0.3) is 0 Å². The fraction of sp³-hybridized carbons (Fsp3) is 0.250. The highest BCUT2D eigenvalue weighted by molar-refractivity contribution is 7.20. The number of benzene rings is 1. The summed E-state index contributed by atoms with van der Waals surface area (Å²) in [4.78, 5) is 12.3. The van der Waals surface area contributed by atoms with Crippen molar-refractivity contribution in [2.45, 2.75) is 12.8 Å². The van der Waals surface area contributed by atoms with Crippen LogP contribution in [-0.2, 0) is 0 Å². The maximum Gasteiger partial charge on any atom is 0.214 e. The number of nitrogens with one attached hydrogen (secondary N) is 1. The topological polar surface area (TPSA) is 75.0 Å². The molecule has 0 atom stereocenters. The molecule has 4 heterocycles. The zero-order valence-electron chi connectivity index (χ0n) is 13.0. The van der Waals surface area contributed by atoms with Crippen LogP contribution in [0.3, 0.4) is 0 Å². The van der Waals surface area contributed by atoms with Crippen LogP contribution in [0.4, 0.5) is 5.13 Å². The molecule has 0 aliphatic carbocycles. The summed E-state index contributed by atoms with van der Waals surface area (Å²) in [6.45, 7) is 3.73. The lowest BCUT2D eigenvalue weighted by atomic mass is 10.0. The van der Waals surface area contributed by atoms with Crippen molar-refractivity contribution >= 4 is 21.4 Å². The van der Waals surface area contributed by atoms with Gasteiger partial charge in [-0.25, -0.2) is 14.5 Å². The summed E-state index contributed by atoms with van der Waals surface area (Å²) >= 11 is 1.62. The Bertz CT molecular complexity index is 962. The Morgan fingerprint density at radius 2 is 2.00 bits per heavy atom. The van der Waals surface area contributed by atoms with E-state index >= 15 is 0 Å². The second-order valence-corrected chi connectivity index (χ2v) is 6.92. The first-order valence-electron chi connectivity index (χ1n) is 7.82. The number of hydrogen-bond acceptors (Lipinski definition) is 6. The summed E-state index contributed by atoms with van der Waals surface area (Å²) in [6.07, 6.45) is 1.99. The van der Waals surface area contributed by atoms with Gasteiger partial charge in [0.2, 0.25) is 10.1 Å². The minimum atomic E-state index is 0.381. The molecule has 1 fully saturated rings. The molecule has 0 bridgehead atoms. The summed E-state index contributed by atoms with van der Waals surface area (Å²) in [6, 6.07) is 10.2. The zero-order chi connectivity index (χ0) is 16.1. The normalized spacial score (nSPS) is 15.1. The van der Waals surface area contributed by atoms with E-state index in [1.54, 1.807) is 11.3 Å². The maximum absolute atomic E-state index is 4.69. The van der Waals surface area contributed by atoms with E-state index in [-0.39, 0.29) is 0 Å². The Morgan fingerprint density at radius 3 is 2.71 bits per heavy atom. The molecule has 0 amide bonds. The van der Waals surface area contributed by atoms with E-state index in [1.165, 1.54) is 0 Å². The Kier molecular flexibility index (Phi) is 2.93. The van der Waals surface area contributed by atoms with Crippen LogP contribution >= 0.6 is 11.3 Å². The Morgan fingerprint density at radius 1 is 1.17 bits per heavy atom. The second-order valence-electron chi connectivity index (χ2n) is 5.98. The number of imidazole rings is 1. The third-order valence-electron chi connectivity index (χ3n) is 4.23. The Hall–Kier alpha value is -2.74. The number of aromatic nitrogens is 6.